The van der Waals surface area contributed by atoms with Crippen LogP contribution in [-0.4, -0.2) is 68.8 Å². The summed E-state index contributed by atoms with van der Waals surface area (Å²) in [6.45, 7) is 1.81. The van der Waals surface area contributed by atoms with Crippen LogP contribution in [-0.2, 0) is 9.53 Å². The molecule has 8 heteroatoms. The second kappa shape index (κ2) is 20.6. The molecule has 1 heterocycles. The van der Waals surface area contributed by atoms with Gasteiger partial charge in [0.1, 0.15) is 30.6 Å². The standard InChI is InChI=1S/C18H34O2.C6H13NO5/c1-2-3-4-5-6-7-8-9-10-11-12-13-14-15-16-17-18(19)20;7-6-5(11)4(10)3(9)2(1-8)12-6/h9-10H,2-8,11-17H2,1H3,(H,19,20);2-6,8-11H,1,7H2/b10-9-;/t;2-,3-,4+,5-,6-/m.1/s1. The Hall–Kier alpha value is -1.03. The maximum Gasteiger partial charge on any atom is 0.303 e. The SMILES string of the molecule is CCCCCCCC/C=C\CCCCCCCC(=O)O.N[C@@H]1O[C@H](CO)[C@@H](O)[C@H](O)[C@H]1O. The third kappa shape index (κ3) is 15.7. The summed E-state index contributed by atoms with van der Waals surface area (Å²) in [5, 5.41) is 44.6. The Labute approximate surface area is 193 Å². The first-order valence-electron chi connectivity index (χ1n) is 12.3. The molecule has 0 aromatic rings. The molecular formula is C24H47NO7. The van der Waals surface area contributed by atoms with Crippen molar-refractivity contribution in [2.24, 2.45) is 5.73 Å². The molecule has 0 saturated carbocycles. The highest BCUT2D eigenvalue weighted by atomic mass is 16.6. The highest BCUT2D eigenvalue weighted by molar-refractivity contribution is 5.66. The molecule has 190 valence electrons. The number of carboxylic acid groups (broad SMARTS) is 1. The molecule has 0 bridgehead atoms. The zero-order valence-electron chi connectivity index (χ0n) is 19.8. The Balaban J connectivity index is 0.000000677. The second-order valence-corrected chi connectivity index (χ2v) is 8.52. The van der Waals surface area contributed by atoms with E-state index < -0.39 is 43.2 Å². The van der Waals surface area contributed by atoms with E-state index in [1.54, 1.807) is 0 Å². The molecule has 7 N–H and O–H groups in total. The number of rotatable bonds is 16. The number of carboxylic acids is 1. The summed E-state index contributed by atoms with van der Waals surface area (Å²) in [6.07, 6.45) is 15.3. The third-order valence-corrected chi connectivity index (χ3v) is 5.58. The predicted octanol–water partition coefficient (Wildman–Crippen LogP) is 2.85. The number of hydrogen-bond donors (Lipinski definition) is 6. The Morgan fingerprint density at radius 3 is 1.81 bits per heavy atom. The summed E-state index contributed by atoms with van der Waals surface area (Å²) < 4.78 is 4.80. The van der Waals surface area contributed by atoms with Crippen LogP contribution in [0.5, 0.6) is 0 Å². The van der Waals surface area contributed by atoms with Crippen LogP contribution in [0, 0.1) is 0 Å². The molecule has 0 aromatic heterocycles. The fourth-order valence-electron chi connectivity index (χ4n) is 3.48. The average Bonchev–Trinajstić information content (AvgIpc) is 2.77. The van der Waals surface area contributed by atoms with Crippen molar-refractivity contribution < 1.29 is 35.1 Å². The van der Waals surface area contributed by atoms with E-state index in [9.17, 15) is 9.90 Å². The van der Waals surface area contributed by atoms with Crippen molar-refractivity contribution in [3.8, 4) is 0 Å². The topological polar surface area (TPSA) is 153 Å². The quantitative estimate of drug-likeness (QED) is 0.151. The first-order chi connectivity index (χ1) is 15.3. The minimum Gasteiger partial charge on any atom is -0.481 e. The smallest absolute Gasteiger partial charge is 0.303 e. The van der Waals surface area contributed by atoms with Gasteiger partial charge >= 0.3 is 5.97 Å². The predicted molar refractivity (Wildman–Crippen MR) is 125 cm³/mol. The Kier molecular flexibility index (Phi) is 19.9. The van der Waals surface area contributed by atoms with Crippen molar-refractivity contribution in [1.29, 1.82) is 0 Å². The van der Waals surface area contributed by atoms with Crippen LogP contribution >= 0.6 is 0 Å². The van der Waals surface area contributed by atoms with E-state index in [4.69, 9.17) is 30.9 Å². The van der Waals surface area contributed by atoms with Crippen molar-refractivity contribution in [2.45, 2.75) is 127 Å². The second-order valence-electron chi connectivity index (χ2n) is 8.52. The molecule has 1 rings (SSSR count). The first-order valence-corrected chi connectivity index (χ1v) is 12.3. The molecule has 0 unspecified atom stereocenters. The lowest BCUT2D eigenvalue weighted by atomic mass is 9.99. The van der Waals surface area contributed by atoms with Crippen LogP contribution in [0.25, 0.3) is 0 Å². The summed E-state index contributed by atoms with van der Waals surface area (Å²) in [7, 11) is 0. The van der Waals surface area contributed by atoms with Crippen LogP contribution in [0.4, 0.5) is 0 Å². The van der Waals surface area contributed by atoms with E-state index in [0.717, 1.165) is 12.8 Å². The van der Waals surface area contributed by atoms with Crippen molar-refractivity contribution in [1.82, 2.24) is 0 Å². The van der Waals surface area contributed by atoms with Crippen LogP contribution in [0.1, 0.15) is 96.8 Å². The number of hydrogen-bond acceptors (Lipinski definition) is 7. The van der Waals surface area contributed by atoms with Crippen molar-refractivity contribution in [3.05, 3.63) is 12.2 Å². The molecule has 0 aliphatic carbocycles. The lowest BCUT2D eigenvalue weighted by Crippen LogP contribution is -2.61. The van der Waals surface area contributed by atoms with Gasteiger partial charge in [-0.2, -0.15) is 0 Å². The number of aliphatic carboxylic acids is 1. The number of ether oxygens (including phenoxy) is 1. The van der Waals surface area contributed by atoms with Crippen molar-refractivity contribution in [2.75, 3.05) is 6.61 Å². The van der Waals surface area contributed by atoms with Gasteiger partial charge in [0, 0.05) is 6.42 Å². The van der Waals surface area contributed by atoms with E-state index in [1.165, 1.54) is 70.6 Å². The number of nitrogens with two attached hydrogens (primary N) is 1. The zero-order chi connectivity index (χ0) is 24.2. The summed E-state index contributed by atoms with van der Waals surface area (Å²) >= 11 is 0. The zero-order valence-corrected chi connectivity index (χ0v) is 19.8. The number of carbonyl (C=O) groups is 1. The fourth-order valence-corrected chi connectivity index (χ4v) is 3.48. The minimum atomic E-state index is -1.37. The number of allylic oxidation sites excluding steroid dienone is 2. The van der Waals surface area contributed by atoms with Gasteiger partial charge in [-0.25, -0.2) is 0 Å². The van der Waals surface area contributed by atoms with E-state index in [0.29, 0.717) is 6.42 Å². The molecule has 1 fully saturated rings. The summed E-state index contributed by atoms with van der Waals surface area (Å²) in [4.78, 5) is 10.3. The van der Waals surface area contributed by atoms with Gasteiger partial charge in [0.25, 0.3) is 0 Å². The van der Waals surface area contributed by atoms with Gasteiger partial charge in [-0.1, -0.05) is 70.4 Å². The van der Waals surface area contributed by atoms with Crippen LogP contribution in [0.3, 0.4) is 0 Å². The number of aliphatic hydroxyl groups excluding tert-OH is 4. The molecule has 1 saturated heterocycles. The summed E-state index contributed by atoms with van der Waals surface area (Å²) in [6, 6.07) is 0. The van der Waals surface area contributed by atoms with Crippen molar-refractivity contribution in [3.63, 3.8) is 0 Å². The summed E-state index contributed by atoms with van der Waals surface area (Å²) in [5.41, 5.74) is 5.24. The maximum absolute atomic E-state index is 10.3. The molecule has 32 heavy (non-hydrogen) atoms. The van der Waals surface area contributed by atoms with Crippen LogP contribution < -0.4 is 5.73 Å². The normalized spacial score (nSPS) is 25.5. The molecule has 0 spiro atoms. The van der Waals surface area contributed by atoms with E-state index in [2.05, 4.69) is 19.1 Å². The molecule has 8 nitrogen and oxygen atoms in total. The van der Waals surface area contributed by atoms with Gasteiger partial charge in [0.05, 0.1) is 6.61 Å². The Morgan fingerprint density at radius 2 is 1.31 bits per heavy atom. The molecule has 5 atom stereocenters. The lowest BCUT2D eigenvalue weighted by Gasteiger charge is -2.38. The van der Waals surface area contributed by atoms with Gasteiger partial charge in [-0.05, 0) is 32.1 Å². The van der Waals surface area contributed by atoms with Gasteiger partial charge in [-0.3, -0.25) is 4.79 Å². The van der Waals surface area contributed by atoms with E-state index in [1.807, 2.05) is 0 Å². The largest absolute Gasteiger partial charge is 0.481 e. The Bertz CT molecular complexity index is 471. The molecule has 0 amide bonds. The molecule has 0 aromatic carbocycles. The fraction of sp³-hybridized carbons (Fsp3) is 0.875. The van der Waals surface area contributed by atoms with Gasteiger partial charge in [0.15, 0.2) is 0 Å². The molecule has 0 radical (unpaired) electrons. The molecular weight excluding hydrogens is 414 g/mol. The third-order valence-electron chi connectivity index (χ3n) is 5.58. The first kappa shape index (κ1) is 31.0. The van der Waals surface area contributed by atoms with E-state index in [-0.39, 0.29) is 0 Å². The average molecular weight is 462 g/mol. The maximum atomic E-state index is 10.3. The summed E-state index contributed by atoms with van der Waals surface area (Å²) in [5.74, 6) is -0.664. The highest BCUT2D eigenvalue weighted by Crippen LogP contribution is 2.17. The van der Waals surface area contributed by atoms with Gasteiger partial charge in [-0.15, -0.1) is 0 Å². The number of unbranched alkanes of at least 4 members (excludes halogenated alkanes) is 11. The Morgan fingerprint density at radius 1 is 0.812 bits per heavy atom. The van der Waals surface area contributed by atoms with Crippen LogP contribution in [0.2, 0.25) is 0 Å². The number of aliphatic hydroxyl groups is 4. The monoisotopic (exact) mass is 461 g/mol. The van der Waals surface area contributed by atoms with Crippen LogP contribution in [0.15, 0.2) is 12.2 Å². The highest BCUT2D eigenvalue weighted by Gasteiger charge is 2.41. The molecule has 1 aliphatic rings. The van der Waals surface area contributed by atoms with Crippen molar-refractivity contribution >= 4 is 5.97 Å². The van der Waals surface area contributed by atoms with Gasteiger partial charge < -0.3 is 36.0 Å². The lowest BCUT2D eigenvalue weighted by molar-refractivity contribution is -0.227. The van der Waals surface area contributed by atoms with Gasteiger partial charge in [0.2, 0.25) is 0 Å². The molecule has 1 aliphatic heterocycles. The minimum absolute atomic E-state index is 0.332. The van der Waals surface area contributed by atoms with E-state index >= 15 is 0 Å².